The molecule has 0 aromatic carbocycles. The van der Waals surface area contributed by atoms with E-state index in [0.717, 1.165) is 0 Å². The molecule has 70 valence electrons. The Morgan fingerprint density at radius 3 is 2.50 bits per heavy atom. The zero-order valence-electron chi connectivity index (χ0n) is 7.79. The van der Waals surface area contributed by atoms with E-state index in [1.807, 2.05) is 6.92 Å². The fourth-order valence-electron chi connectivity index (χ4n) is 0.704. The molecule has 0 radical (unpaired) electrons. The quantitative estimate of drug-likeness (QED) is 0.362. The predicted octanol–water partition coefficient (Wildman–Crippen LogP) is 1.00. The molecule has 0 amide bonds. The van der Waals surface area contributed by atoms with E-state index in [0.29, 0.717) is 19.0 Å². The van der Waals surface area contributed by atoms with E-state index in [1.54, 1.807) is 6.92 Å². The smallest absolute Gasteiger partial charge is 0.315 e. The summed E-state index contributed by atoms with van der Waals surface area (Å²) in [7, 11) is 1.49. The molecule has 0 aliphatic heterocycles. The molecular weight excluding hydrogens is 158 g/mol. The second-order valence-corrected chi connectivity index (χ2v) is 2.05. The minimum Gasteiger partial charge on any atom is -0.484 e. The Hall–Kier alpha value is -1.06. The summed E-state index contributed by atoms with van der Waals surface area (Å²) in [4.78, 5) is 14.9. The highest BCUT2D eigenvalue weighted by atomic mass is 16.5. The van der Waals surface area contributed by atoms with Crippen LogP contribution in [0.25, 0.3) is 0 Å². The maximum atomic E-state index is 10.9. The van der Waals surface area contributed by atoms with Crippen molar-refractivity contribution < 1.29 is 14.3 Å². The van der Waals surface area contributed by atoms with Crippen molar-refractivity contribution in [3.63, 3.8) is 0 Å². The van der Waals surface area contributed by atoms with Gasteiger partial charge in [-0.3, -0.25) is 9.79 Å². The van der Waals surface area contributed by atoms with Gasteiger partial charge in [-0.1, -0.05) is 0 Å². The van der Waals surface area contributed by atoms with Crippen molar-refractivity contribution in [1.29, 1.82) is 0 Å². The number of carbonyl (C=O) groups excluding carboxylic acids is 1. The molecule has 0 aromatic rings. The van der Waals surface area contributed by atoms with Gasteiger partial charge in [0.1, 0.15) is 6.42 Å². The Balaban J connectivity index is 3.85. The number of nitrogens with zero attached hydrogens (tertiary/aromatic N) is 1. The van der Waals surface area contributed by atoms with E-state index in [4.69, 9.17) is 9.47 Å². The first-order chi connectivity index (χ1) is 5.74. The van der Waals surface area contributed by atoms with Gasteiger partial charge in [0.05, 0.1) is 13.7 Å². The van der Waals surface area contributed by atoms with E-state index >= 15 is 0 Å². The van der Waals surface area contributed by atoms with Gasteiger partial charge in [-0.15, -0.1) is 0 Å². The van der Waals surface area contributed by atoms with Gasteiger partial charge in [0.2, 0.25) is 0 Å². The highest BCUT2D eigenvalue weighted by molar-refractivity contribution is 5.94. The first-order valence-corrected chi connectivity index (χ1v) is 3.97. The van der Waals surface area contributed by atoms with Gasteiger partial charge in [-0.05, 0) is 13.8 Å². The molecule has 4 heteroatoms. The number of esters is 1. The fourth-order valence-corrected chi connectivity index (χ4v) is 0.704. The summed E-state index contributed by atoms with van der Waals surface area (Å²) in [5.41, 5.74) is 0. The molecule has 0 unspecified atom stereocenters. The topological polar surface area (TPSA) is 47.9 Å². The van der Waals surface area contributed by atoms with Gasteiger partial charge in [-0.25, -0.2) is 0 Å². The molecule has 0 aliphatic rings. The van der Waals surface area contributed by atoms with Crippen LogP contribution < -0.4 is 0 Å². The van der Waals surface area contributed by atoms with Crippen LogP contribution >= 0.6 is 0 Å². The van der Waals surface area contributed by atoms with Crippen LogP contribution in [0.1, 0.15) is 20.3 Å². The van der Waals surface area contributed by atoms with Crippen molar-refractivity contribution in [2.45, 2.75) is 20.3 Å². The van der Waals surface area contributed by atoms with Crippen LogP contribution in [-0.4, -0.2) is 32.1 Å². The van der Waals surface area contributed by atoms with Crippen LogP contribution in [0.5, 0.6) is 0 Å². The standard InChI is InChI=1S/C8H15NO3/c1-4-9-7(11-3)6-8(10)12-5-2/h4-6H2,1-3H3. The first kappa shape index (κ1) is 10.9. The van der Waals surface area contributed by atoms with Crippen molar-refractivity contribution in [3.05, 3.63) is 0 Å². The largest absolute Gasteiger partial charge is 0.484 e. The molecule has 0 saturated heterocycles. The highest BCUT2D eigenvalue weighted by Crippen LogP contribution is 1.92. The van der Waals surface area contributed by atoms with Crippen molar-refractivity contribution >= 4 is 11.9 Å². The normalized spacial score (nSPS) is 11.1. The average molecular weight is 173 g/mol. The highest BCUT2D eigenvalue weighted by Gasteiger charge is 2.07. The van der Waals surface area contributed by atoms with Gasteiger partial charge < -0.3 is 9.47 Å². The third-order valence-corrected chi connectivity index (χ3v) is 1.17. The van der Waals surface area contributed by atoms with E-state index in [9.17, 15) is 4.79 Å². The number of hydrogen-bond donors (Lipinski definition) is 0. The number of methoxy groups -OCH3 is 1. The number of hydrogen-bond acceptors (Lipinski definition) is 4. The molecular formula is C8H15NO3. The zero-order valence-corrected chi connectivity index (χ0v) is 7.79. The Morgan fingerprint density at radius 1 is 1.42 bits per heavy atom. The number of carbonyl (C=O) groups is 1. The van der Waals surface area contributed by atoms with Gasteiger partial charge in [0.15, 0.2) is 5.90 Å². The Labute approximate surface area is 72.6 Å². The van der Waals surface area contributed by atoms with E-state index in [-0.39, 0.29) is 12.4 Å². The maximum absolute atomic E-state index is 10.9. The Bertz CT molecular complexity index is 166. The van der Waals surface area contributed by atoms with Crippen LogP contribution in [0.15, 0.2) is 4.99 Å². The van der Waals surface area contributed by atoms with Gasteiger partial charge in [-0.2, -0.15) is 0 Å². The minimum absolute atomic E-state index is 0.123. The summed E-state index contributed by atoms with van der Waals surface area (Å²) < 4.78 is 9.58. The second kappa shape index (κ2) is 6.64. The summed E-state index contributed by atoms with van der Waals surface area (Å²) >= 11 is 0. The lowest BCUT2D eigenvalue weighted by molar-refractivity contribution is -0.141. The van der Waals surface area contributed by atoms with Crippen LogP contribution in [0.3, 0.4) is 0 Å². The molecule has 0 aliphatic carbocycles. The van der Waals surface area contributed by atoms with Crippen LogP contribution in [-0.2, 0) is 14.3 Å². The first-order valence-electron chi connectivity index (χ1n) is 3.97. The summed E-state index contributed by atoms with van der Waals surface area (Å²) in [5, 5.41) is 0. The van der Waals surface area contributed by atoms with E-state index < -0.39 is 0 Å². The molecule has 4 nitrogen and oxygen atoms in total. The van der Waals surface area contributed by atoms with Crippen LogP contribution in [0, 0.1) is 0 Å². The van der Waals surface area contributed by atoms with Crippen molar-refractivity contribution in [1.82, 2.24) is 0 Å². The lowest BCUT2D eigenvalue weighted by Crippen LogP contribution is -2.12. The molecule has 0 spiro atoms. The molecule has 0 rings (SSSR count). The summed E-state index contributed by atoms with van der Waals surface area (Å²) in [5.74, 6) is 0.127. The Morgan fingerprint density at radius 2 is 2.08 bits per heavy atom. The predicted molar refractivity (Wildman–Crippen MR) is 46.2 cm³/mol. The second-order valence-electron chi connectivity index (χ2n) is 2.05. The third kappa shape index (κ3) is 4.71. The number of ether oxygens (including phenoxy) is 2. The number of rotatable bonds is 4. The monoisotopic (exact) mass is 173 g/mol. The lowest BCUT2D eigenvalue weighted by atomic mass is 10.4. The SMILES string of the molecule is CCN=C(CC(=O)OCC)OC. The van der Waals surface area contributed by atoms with Gasteiger partial charge in [0.25, 0.3) is 0 Å². The summed E-state index contributed by atoms with van der Waals surface area (Å²) in [6.45, 7) is 4.65. The minimum atomic E-state index is -0.299. The van der Waals surface area contributed by atoms with Crippen molar-refractivity contribution in [3.8, 4) is 0 Å². The molecule has 0 bridgehead atoms. The fraction of sp³-hybridized carbons (Fsp3) is 0.750. The molecule has 0 N–H and O–H groups in total. The molecule has 0 fully saturated rings. The van der Waals surface area contributed by atoms with E-state index in [2.05, 4.69) is 4.99 Å². The number of aliphatic imine (C=N–C) groups is 1. The average Bonchev–Trinajstić information content (AvgIpc) is 2.04. The third-order valence-electron chi connectivity index (χ3n) is 1.17. The molecule has 12 heavy (non-hydrogen) atoms. The summed E-state index contributed by atoms with van der Waals surface area (Å²) in [6.07, 6.45) is 0.123. The zero-order chi connectivity index (χ0) is 9.40. The maximum Gasteiger partial charge on any atom is 0.315 e. The lowest BCUT2D eigenvalue weighted by Gasteiger charge is -2.03. The van der Waals surface area contributed by atoms with Crippen LogP contribution in [0.4, 0.5) is 0 Å². The Kier molecular flexibility index (Phi) is 6.05. The van der Waals surface area contributed by atoms with Gasteiger partial charge in [0, 0.05) is 6.54 Å². The van der Waals surface area contributed by atoms with Crippen LogP contribution in [0.2, 0.25) is 0 Å². The van der Waals surface area contributed by atoms with E-state index in [1.165, 1.54) is 7.11 Å². The van der Waals surface area contributed by atoms with Gasteiger partial charge >= 0.3 is 5.97 Å². The molecule has 0 aromatic heterocycles. The summed E-state index contributed by atoms with van der Waals surface area (Å²) in [6, 6.07) is 0. The van der Waals surface area contributed by atoms with Crippen molar-refractivity contribution in [2.75, 3.05) is 20.3 Å². The molecule has 0 atom stereocenters. The van der Waals surface area contributed by atoms with Crippen molar-refractivity contribution in [2.24, 2.45) is 4.99 Å². The molecule has 0 saturated carbocycles. The molecule has 0 heterocycles.